The van der Waals surface area contributed by atoms with Crippen molar-refractivity contribution in [1.82, 2.24) is 20.1 Å². The molecule has 3 rings (SSSR count). The quantitative estimate of drug-likeness (QED) is 0.684. The van der Waals surface area contributed by atoms with E-state index in [9.17, 15) is 9.18 Å². The van der Waals surface area contributed by atoms with Crippen LogP contribution in [-0.2, 0) is 0 Å². The number of thiazole rings is 1. The van der Waals surface area contributed by atoms with E-state index in [4.69, 9.17) is 0 Å². The summed E-state index contributed by atoms with van der Waals surface area (Å²) in [7, 11) is 0. The summed E-state index contributed by atoms with van der Waals surface area (Å²) >= 11 is 2.96. The standard InChI is InChI=1S/C17H17FN4OS2/c1-10(20-16(23)15-9-25-17(21-15)24-3)14-8-19-22(11(14)2)13-6-4-5-12(18)7-13/h4-10H,1-3H3,(H,20,23)/t10-/m0/s1. The number of carbonyl (C=O) groups is 1. The van der Waals surface area contributed by atoms with Crippen LogP contribution in [0.4, 0.5) is 4.39 Å². The first-order chi connectivity index (χ1) is 12.0. The Hall–Kier alpha value is -2.19. The molecule has 8 heteroatoms. The molecule has 0 aliphatic carbocycles. The molecule has 0 aliphatic heterocycles. The zero-order valence-electron chi connectivity index (χ0n) is 14.0. The molecule has 0 unspecified atom stereocenters. The molecule has 0 fully saturated rings. The van der Waals surface area contributed by atoms with E-state index in [1.165, 1.54) is 35.2 Å². The Kier molecular flexibility index (Phi) is 5.19. The Bertz CT molecular complexity index is 906. The first kappa shape index (κ1) is 17.6. The number of nitrogens with one attached hydrogen (secondary N) is 1. The van der Waals surface area contributed by atoms with E-state index < -0.39 is 0 Å². The van der Waals surface area contributed by atoms with Gasteiger partial charge in [0.1, 0.15) is 15.9 Å². The maximum Gasteiger partial charge on any atom is 0.271 e. The van der Waals surface area contributed by atoms with E-state index in [1.807, 2.05) is 20.1 Å². The zero-order chi connectivity index (χ0) is 18.0. The maximum atomic E-state index is 13.4. The van der Waals surface area contributed by atoms with Gasteiger partial charge in [0, 0.05) is 16.6 Å². The van der Waals surface area contributed by atoms with Crippen molar-refractivity contribution in [3.63, 3.8) is 0 Å². The van der Waals surface area contributed by atoms with Crippen LogP contribution in [0.15, 0.2) is 40.2 Å². The maximum absolute atomic E-state index is 13.4. The van der Waals surface area contributed by atoms with Crippen molar-refractivity contribution in [3.8, 4) is 5.69 Å². The topological polar surface area (TPSA) is 59.8 Å². The van der Waals surface area contributed by atoms with Crippen LogP contribution in [0.1, 0.15) is 34.7 Å². The average molecular weight is 376 g/mol. The number of benzene rings is 1. The van der Waals surface area contributed by atoms with Gasteiger partial charge in [-0.3, -0.25) is 4.79 Å². The van der Waals surface area contributed by atoms with E-state index >= 15 is 0 Å². The predicted molar refractivity (Wildman–Crippen MR) is 98.0 cm³/mol. The van der Waals surface area contributed by atoms with Crippen LogP contribution in [0.3, 0.4) is 0 Å². The smallest absolute Gasteiger partial charge is 0.271 e. The Morgan fingerprint density at radius 2 is 2.24 bits per heavy atom. The molecule has 1 atom stereocenters. The third-order valence-electron chi connectivity index (χ3n) is 3.81. The summed E-state index contributed by atoms with van der Waals surface area (Å²) in [6.07, 6.45) is 3.62. The van der Waals surface area contributed by atoms with Crippen molar-refractivity contribution < 1.29 is 9.18 Å². The van der Waals surface area contributed by atoms with Crippen LogP contribution in [0.25, 0.3) is 5.69 Å². The van der Waals surface area contributed by atoms with Gasteiger partial charge in [-0.25, -0.2) is 14.1 Å². The summed E-state index contributed by atoms with van der Waals surface area (Å²) in [5.74, 6) is -0.537. The zero-order valence-corrected chi connectivity index (χ0v) is 15.6. The molecule has 5 nitrogen and oxygen atoms in total. The fourth-order valence-corrected chi connectivity index (χ4v) is 3.76. The number of hydrogen-bond donors (Lipinski definition) is 1. The highest BCUT2D eigenvalue weighted by atomic mass is 32.2. The van der Waals surface area contributed by atoms with Gasteiger partial charge in [-0.05, 0) is 38.3 Å². The van der Waals surface area contributed by atoms with Crippen molar-refractivity contribution in [2.24, 2.45) is 0 Å². The first-order valence-corrected chi connectivity index (χ1v) is 9.71. The van der Waals surface area contributed by atoms with E-state index in [-0.39, 0.29) is 17.8 Å². The van der Waals surface area contributed by atoms with Crippen LogP contribution in [0.5, 0.6) is 0 Å². The summed E-state index contributed by atoms with van der Waals surface area (Å²) in [6.45, 7) is 3.78. The van der Waals surface area contributed by atoms with E-state index in [0.717, 1.165) is 15.6 Å². The SMILES string of the molecule is CSc1nc(C(=O)N[C@@H](C)c2cnn(-c3cccc(F)c3)c2C)cs1. The second-order valence-electron chi connectivity index (χ2n) is 5.47. The van der Waals surface area contributed by atoms with E-state index in [2.05, 4.69) is 15.4 Å². The third kappa shape index (κ3) is 3.74. The molecule has 2 heterocycles. The number of amides is 1. The van der Waals surface area contributed by atoms with E-state index in [1.54, 1.807) is 28.4 Å². The minimum atomic E-state index is -0.316. The number of aromatic nitrogens is 3. The highest BCUT2D eigenvalue weighted by molar-refractivity contribution is 8.00. The molecular weight excluding hydrogens is 359 g/mol. The summed E-state index contributed by atoms with van der Waals surface area (Å²) in [5.41, 5.74) is 2.78. The summed E-state index contributed by atoms with van der Waals surface area (Å²) in [4.78, 5) is 16.6. The van der Waals surface area contributed by atoms with Crippen molar-refractivity contribution in [3.05, 3.63) is 58.6 Å². The number of thioether (sulfide) groups is 1. The molecule has 0 spiro atoms. The van der Waals surface area contributed by atoms with Gasteiger partial charge in [0.05, 0.1) is 17.9 Å². The van der Waals surface area contributed by atoms with Gasteiger partial charge >= 0.3 is 0 Å². The molecule has 1 N–H and O–H groups in total. The van der Waals surface area contributed by atoms with Crippen molar-refractivity contribution in [2.45, 2.75) is 24.2 Å². The molecule has 0 radical (unpaired) electrons. The van der Waals surface area contributed by atoms with Gasteiger partial charge in [-0.1, -0.05) is 17.8 Å². The monoisotopic (exact) mass is 376 g/mol. The summed E-state index contributed by atoms with van der Waals surface area (Å²) in [5, 5.41) is 9.01. The lowest BCUT2D eigenvalue weighted by atomic mass is 10.1. The van der Waals surface area contributed by atoms with Crippen molar-refractivity contribution in [2.75, 3.05) is 6.26 Å². The molecule has 130 valence electrons. The van der Waals surface area contributed by atoms with Gasteiger partial charge in [-0.2, -0.15) is 5.10 Å². The normalized spacial score (nSPS) is 12.2. The molecule has 3 aromatic rings. The highest BCUT2D eigenvalue weighted by Gasteiger charge is 2.18. The molecular formula is C17H17FN4OS2. The van der Waals surface area contributed by atoms with Gasteiger partial charge < -0.3 is 5.32 Å². The lowest BCUT2D eigenvalue weighted by Crippen LogP contribution is -2.27. The summed E-state index contributed by atoms with van der Waals surface area (Å²) < 4.78 is 16.0. The molecule has 0 saturated carbocycles. The first-order valence-electron chi connectivity index (χ1n) is 7.60. The Morgan fingerprint density at radius 3 is 2.92 bits per heavy atom. The van der Waals surface area contributed by atoms with Gasteiger partial charge in [-0.15, -0.1) is 11.3 Å². The Morgan fingerprint density at radius 1 is 1.44 bits per heavy atom. The van der Waals surface area contributed by atoms with Crippen molar-refractivity contribution in [1.29, 1.82) is 0 Å². The molecule has 1 aromatic carbocycles. The van der Waals surface area contributed by atoms with Crippen LogP contribution in [-0.4, -0.2) is 26.9 Å². The largest absolute Gasteiger partial charge is 0.344 e. The molecule has 2 aromatic heterocycles. The van der Waals surface area contributed by atoms with Crippen LogP contribution in [0, 0.1) is 12.7 Å². The van der Waals surface area contributed by atoms with Gasteiger partial charge in [0.15, 0.2) is 0 Å². The molecule has 1 amide bonds. The fourth-order valence-electron chi connectivity index (χ4n) is 2.52. The van der Waals surface area contributed by atoms with Crippen LogP contribution in [0.2, 0.25) is 0 Å². The third-order valence-corrected chi connectivity index (χ3v) is 5.67. The Balaban J connectivity index is 1.79. The lowest BCUT2D eigenvalue weighted by Gasteiger charge is -2.13. The second-order valence-corrected chi connectivity index (χ2v) is 7.39. The minimum Gasteiger partial charge on any atom is -0.344 e. The number of hydrogen-bond acceptors (Lipinski definition) is 5. The summed E-state index contributed by atoms with van der Waals surface area (Å²) in [6, 6.07) is 6.00. The van der Waals surface area contributed by atoms with Crippen LogP contribution >= 0.6 is 23.1 Å². The fraction of sp³-hybridized carbons (Fsp3) is 0.235. The van der Waals surface area contributed by atoms with Gasteiger partial charge in [0.25, 0.3) is 5.91 Å². The minimum absolute atomic E-state index is 0.220. The molecule has 0 bridgehead atoms. The van der Waals surface area contributed by atoms with Crippen LogP contribution < -0.4 is 5.32 Å². The molecule has 0 aliphatic rings. The lowest BCUT2D eigenvalue weighted by molar-refractivity contribution is 0.0935. The van der Waals surface area contributed by atoms with Gasteiger partial charge in [0.2, 0.25) is 0 Å². The van der Waals surface area contributed by atoms with Crippen molar-refractivity contribution >= 4 is 29.0 Å². The number of carbonyl (C=O) groups excluding carboxylic acids is 1. The molecule has 0 saturated heterocycles. The number of halogens is 1. The number of nitrogens with zero attached hydrogens (tertiary/aromatic N) is 3. The van der Waals surface area contributed by atoms with E-state index in [0.29, 0.717) is 11.4 Å². The highest BCUT2D eigenvalue weighted by Crippen LogP contribution is 2.23. The average Bonchev–Trinajstić information content (AvgIpc) is 3.21. The number of rotatable bonds is 5. The second kappa shape index (κ2) is 7.37. The Labute approximate surface area is 153 Å². The molecule has 25 heavy (non-hydrogen) atoms. The predicted octanol–water partition coefficient (Wildman–Crippen LogP) is 3.99.